The van der Waals surface area contributed by atoms with Gasteiger partial charge in [0.15, 0.2) is 0 Å². The Balaban J connectivity index is 1.55. The van der Waals surface area contributed by atoms with E-state index in [2.05, 4.69) is 28.1 Å². The number of amides is 2. The molecular formula is C27H31N3O3. The molecule has 2 aliphatic heterocycles. The highest BCUT2D eigenvalue weighted by Gasteiger charge is 2.28. The van der Waals surface area contributed by atoms with Gasteiger partial charge in [0, 0.05) is 44.4 Å². The molecule has 0 bridgehead atoms. The summed E-state index contributed by atoms with van der Waals surface area (Å²) in [6.45, 7) is 4.12. The molecule has 0 aromatic heterocycles. The molecule has 1 saturated heterocycles. The number of benzene rings is 2. The number of anilines is 1. The number of nitrogens with one attached hydrogen (secondary N) is 1. The fourth-order valence-corrected chi connectivity index (χ4v) is 4.53. The minimum absolute atomic E-state index is 0.00839. The van der Waals surface area contributed by atoms with Gasteiger partial charge in [-0.3, -0.25) is 14.5 Å². The van der Waals surface area contributed by atoms with Crippen LogP contribution < -0.4 is 5.32 Å². The number of rotatable bonds is 6. The summed E-state index contributed by atoms with van der Waals surface area (Å²) in [5.74, 6) is 6.30. The normalized spacial score (nSPS) is 18.3. The number of likely N-dealkylation sites (tertiary alicyclic amines) is 1. The molecule has 33 heavy (non-hydrogen) atoms. The van der Waals surface area contributed by atoms with Crippen LogP contribution in [-0.4, -0.2) is 59.5 Å². The first kappa shape index (κ1) is 23.0. The molecule has 0 unspecified atom stereocenters. The van der Waals surface area contributed by atoms with Crippen molar-refractivity contribution in [3.8, 4) is 11.8 Å². The van der Waals surface area contributed by atoms with Crippen molar-refractivity contribution in [1.29, 1.82) is 0 Å². The number of carbonyl (C=O) groups is 2. The zero-order chi connectivity index (χ0) is 23.4. The van der Waals surface area contributed by atoms with Crippen LogP contribution in [0.25, 0.3) is 0 Å². The van der Waals surface area contributed by atoms with Gasteiger partial charge in [0.2, 0.25) is 11.8 Å². The highest BCUT2D eigenvalue weighted by atomic mass is 16.3. The van der Waals surface area contributed by atoms with Crippen molar-refractivity contribution in [2.45, 2.75) is 44.8 Å². The minimum Gasteiger partial charge on any atom is -0.392 e. The van der Waals surface area contributed by atoms with Crippen LogP contribution in [0.15, 0.2) is 42.5 Å². The predicted octanol–water partition coefficient (Wildman–Crippen LogP) is 2.75. The van der Waals surface area contributed by atoms with Crippen molar-refractivity contribution in [2.24, 2.45) is 0 Å². The van der Waals surface area contributed by atoms with Crippen LogP contribution >= 0.6 is 0 Å². The van der Waals surface area contributed by atoms with E-state index in [-0.39, 0.29) is 30.4 Å². The standard InChI is InChI=1S/C27H31N3O3/c1-3-4-6-19-7-5-8-22(13-19)25(18-30-12-11-23(31)17-30)29(2)27(33)15-20-9-10-21-16-26(32)28-24(21)14-20/h5,7-10,13-14,23,25,31H,3,11-12,15-18H2,1-2H3,(H,28,32)/t23-,25+/m0/s1. The molecule has 0 saturated carbocycles. The van der Waals surface area contributed by atoms with E-state index in [1.807, 2.05) is 55.3 Å². The maximum Gasteiger partial charge on any atom is 0.228 e. The second kappa shape index (κ2) is 10.2. The molecule has 0 aliphatic carbocycles. The Bertz CT molecular complexity index is 1100. The van der Waals surface area contributed by atoms with Gasteiger partial charge in [-0.15, -0.1) is 0 Å². The molecule has 2 aromatic rings. The maximum atomic E-state index is 13.3. The monoisotopic (exact) mass is 445 g/mol. The van der Waals surface area contributed by atoms with Crippen LogP contribution in [0.1, 0.15) is 48.1 Å². The molecule has 0 radical (unpaired) electrons. The lowest BCUT2D eigenvalue weighted by Gasteiger charge is -2.32. The molecule has 2 amide bonds. The fourth-order valence-electron chi connectivity index (χ4n) is 4.53. The number of likely N-dealkylation sites (N-methyl/N-ethyl adjacent to an activating group) is 1. The molecule has 172 valence electrons. The third kappa shape index (κ3) is 5.62. The summed E-state index contributed by atoms with van der Waals surface area (Å²) >= 11 is 0. The number of aliphatic hydroxyl groups is 1. The fraction of sp³-hybridized carbons (Fsp3) is 0.407. The SMILES string of the molecule is CCC#Cc1cccc([C@@H](CN2CC[C@H](O)C2)N(C)C(=O)Cc2ccc3c(c2)NC(=O)C3)c1. The van der Waals surface area contributed by atoms with Gasteiger partial charge in [-0.25, -0.2) is 0 Å². The number of carbonyl (C=O) groups excluding carboxylic acids is 2. The number of β-amino-alcohol motifs (C(OH)–C–C–N with tert-alkyl or cyclic N) is 1. The van der Waals surface area contributed by atoms with E-state index in [9.17, 15) is 14.7 Å². The van der Waals surface area contributed by atoms with Crippen LogP contribution in [-0.2, 0) is 22.4 Å². The smallest absolute Gasteiger partial charge is 0.228 e. The van der Waals surface area contributed by atoms with E-state index >= 15 is 0 Å². The second-order valence-electron chi connectivity index (χ2n) is 8.90. The lowest BCUT2D eigenvalue weighted by atomic mass is 10.0. The number of fused-ring (bicyclic) bond motifs is 1. The molecule has 6 heteroatoms. The topological polar surface area (TPSA) is 72.9 Å². The summed E-state index contributed by atoms with van der Waals surface area (Å²) in [5.41, 5.74) is 4.64. The Morgan fingerprint density at radius 3 is 2.91 bits per heavy atom. The van der Waals surface area contributed by atoms with Crippen molar-refractivity contribution < 1.29 is 14.7 Å². The Morgan fingerprint density at radius 2 is 2.15 bits per heavy atom. The summed E-state index contributed by atoms with van der Waals surface area (Å²) in [6, 6.07) is 13.7. The lowest BCUT2D eigenvalue weighted by Crippen LogP contribution is -2.39. The van der Waals surface area contributed by atoms with Gasteiger partial charge in [-0.2, -0.15) is 0 Å². The van der Waals surface area contributed by atoms with E-state index in [0.717, 1.165) is 47.3 Å². The Labute approximate surface area is 195 Å². The van der Waals surface area contributed by atoms with Crippen molar-refractivity contribution in [2.75, 3.05) is 32.0 Å². The van der Waals surface area contributed by atoms with Gasteiger partial charge in [-0.1, -0.05) is 43.0 Å². The first-order valence-electron chi connectivity index (χ1n) is 11.6. The highest BCUT2D eigenvalue weighted by Crippen LogP contribution is 2.27. The Morgan fingerprint density at radius 1 is 1.30 bits per heavy atom. The number of nitrogens with zero attached hydrogens (tertiary/aromatic N) is 2. The zero-order valence-electron chi connectivity index (χ0n) is 19.3. The lowest BCUT2D eigenvalue weighted by molar-refractivity contribution is -0.131. The molecule has 4 rings (SSSR count). The predicted molar refractivity (Wildman–Crippen MR) is 129 cm³/mol. The van der Waals surface area contributed by atoms with E-state index in [1.54, 1.807) is 0 Å². The summed E-state index contributed by atoms with van der Waals surface area (Å²) in [4.78, 5) is 29.0. The Kier molecular flexibility index (Phi) is 7.12. The van der Waals surface area contributed by atoms with Crippen LogP contribution in [0.3, 0.4) is 0 Å². The number of aliphatic hydroxyl groups excluding tert-OH is 1. The summed E-state index contributed by atoms with van der Waals surface area (Å²) in [7, 11) is 1.85. The first-order valence-corrected chi connectivity index (χ1v) is 11.6. The third-order valence-electron chi connectivity index (χ3n) is 6.38. The zero-order valence-corrected chi connectivity index (χ0v) is 19.3. The molecule has 2 heterocycles. The first-order chi connectivity index (χ1) is 15.9. The quantitative estimate of drug-likeness (QED) is 0.671. The minimum atomic E-state index is -0.310. The van der Waals surface area contributed by atoms with Gasteiger partial charge in [-0.05, 0) is 41.3 Å². The Hall–Kier alpha value is -3.14. The molecule has 2 aromatic carbocycles. The van der Waals surface area contributed by atoms with E-state index < -0.39 is 0 Å². The second-order valence-corrected chi connectivity index (χ2v) is 8.90. The number of hydrogen-bond donors (Lipinski definition) is 2. The van der Waals surface area contributed by atoms with Crippen LogP contribution in [0, 0.1) is 11.8 Å². The van der Waals surface area contributed by atoms with Crippen LogP contribution in [0.2, 0.25) is 0 Å². The van der Waals surface area contributed by atoms with Crippen LogP contribution in [0.4, 0.5) is 5.69 Å². The van der Waals surface area contributed by atoms with Gasteiger partial charge in [0.05, 0.1) is 25.0 Å². The summed E-state index contributed by atoms with van der Waals surface area (Å²) in [6.07, 6.45) is 1.89. The largest absolute Gasteiger partial charge is 0.392 e. The average molecular weight is 446 g/mol. The molecule has 1 fully saturated rings. The van der Waals surface area contributed by atoms with E-state index in [0.29, 0.717) is 19.5 Å². The summed E-state index contributed by atoms with van der Waals surface area (Å²) < 4.78 is 0. The molecule has 2 aliphatic rings. The molecular weight excluding hydrogens is 414 g/mol. The highest BCUT2D eigenvalue weighted by molar-refractivity contribution is 5.99. The molecule has 6 nitrogen and oxygen atoms in total. The van der Waals surface area contributed by atoms with E-state index in [4.69, 9.17) is 0 Å². The van der Waals surface area contributed by atoms with E-state index in [1.165, 1.54) is 0 Å². The molecule has 2 atom stereocenters. The molecule has 2 N–H and O–H groups in total. The van der Waals surface area contributed by atoms with Crippen molar-refractivity contribution in [1.82, 2.24) is 9.80 Å². The van der Waals surface area contributed by atoms with Gasteiger partial charge >= 0.3 is 0 Å². The van der Waals surface area contributed by atoms with Gasteiger partial charge in [0.25, 0.3) is 0 Å². The van der Waals surface area contributed by atoms with Crippen molar-refractivity contribution in [3.05, 3.63) is 64.7 Å². The van der Waals surface area contributed by atoms with Gasteiger partial charge < -0.3 is 15.3 Å². The van der Waals surface area contributed by atoms with Crippen molar-refractivity contribution >= 4 is 17.5 Å². The number of hydrogen-bond acceptors (Lipinski definition) is 4. The summed E-state index contributed by atoms with van der Waals surface area (Å²) in [5, 5.41) is 12.8. The maximum absolute atomic E-state index is 13.3. The molecule has 0 spiro atoms. The average Bonchev–Trinajstić information content (AvgIpc) is 3.39. The van der Waals surface area contributed by atoms with Crippen LogP contribution in [0.5, 0.6) is 0 Å². The third-order valence-corrected chi connectivity index (χ3v) is 6.38. The van der Waals surface area contributed by atoms with Gasteiger partial charge in [0.1, 0.15) is 0 Å². The van der Waals surface area contributed by atoms with Crippen molar-refractivity contribution in [3.63, 3.8) is 0 Å².